The predicted octanol–water partition coefficient (Wildman–Crippen LogP) is 2.99. The largest absolute Gasteiger partial charge is 0.345 e. The lowest BCUT2D eigenvalue weighted by Crippen LogP contribution is -2.35. The standard InChI is InChI=1S/C15H25N3OS.2ClH/c1-12(2)14(16)7-9-18(3)15(19)11-20-10-13-6-4-5-8-17-13;;/h4-6,8,12,14H,7,9-11,16H2,1-3H3;2*1H. The van der Waals surface area contributed by atoms with Crippen LogP contribution in [0.25, 0.3) is 0 Å². The van der Waals surface area contributed by atoms with Crippen LogP contribution in [0.15, 0.2) is 24.4 Å². The Morgan fingerprint density at radius 3 is 2.59 bits per heavy atom. The van der Waals surface area contributed by atoms with Gasteiger partial charge in [0.2, 0.25) is 5.91 Å². The first kappa shape index (κ1) is 23.8. The minimum atomic E-state index is 0. The molecule has 0 fully saturated rings. The van der Waals surface area contributed by atoms with Crippen LogP contribution in [-0.2, 0) is 10.5 Å². The van der Waals surface area contributed by atoms with Crippen molar-refractivity contribution in [2.45, 2.75) is 32.1 Å². The lowest BCUT2D eigenvalue weighted by atomic mass is 10.0. The van der Waals surface area contributed by atoms with Crippen molar-refractivity contribution in [3.8, 4) is 0 Å². The van der Waals surface area contributed by atoms with E-state index >= 15 is 0 Å². The summed E-state index contributed by atoms with van der Waals surface area (Å²) in [6.45, 7) is 4.94. The number of hydrogen-bond acceptors (Lipinski definition) is 4. The molecule has 2 N–H and O–H groups in total. The second-order valence-electron chi connectivity index (χ2n) is 5.33. The van der Waals surface area contributed by atoms with Gasteiger partial charge in [-0.25, -0.2) is 0 Å². The Balaban J connectivity index is 0. The molecule has 1 aromatic rings. The van der Waals surface area contributed by atoms with Gasteiger partial charge in [0.25, 0.3) is 0 Å². The highest BCUT2D eigenvalue weighted by Gasteiger charge is 2.12. The summed E-state index contributed by atoms with van der Waals surface area (Å²) in [5, 5.41) is 0. The van der Waals surface area contributed by atoms with E-state index in [1.807, 2.05) is 25.2 Å². The fraction of sp³-hybridized carbons (Fsp3) is 0.600. The van der Waals surface area contributed by atoms with Gasteiger partial charge in [-0.05, 0) is 24.5 Å². The van der Waals surface area contributed by atoms with Crippen molar-refractivity contribution in [3.05, 3.63) is 30.1 Å². The molecule has 128 valence electrons. The summed E-state index contributed by atoms with van der Waals surface area (Å²) >= 11 is 1.60. The summed E-state index contributed by atoms with van der Waals surface area (Å²) in [6, 6.07) is 5.99. The number of aromatic nitrogens is 1. The summed E-state index contributed by atoms with van der Waals surface area (Å²) in [7, 11) is 1.84. The van der Waals surface area contributed by atoms with E-state index < -0.39 is 0 Å². The molecule has 22 heavy (non-hydrogen) atoms. The Bertz CT molecular complexity index is 407. The Hall–Kier alpha value is -0.490. The van der Waals surface area contributed by atoms with Crippen molar-refractivity contribution in [2.75, 3.05) is 19.3 Å². The summed E-state index contributed by atoms with van der Waals surface area (Å²) in [6.07, 6.45) is 2.63. The van der Waals surface area contributed by atoms with Crippen molar-refractivity contribution < 1.29 is 4.79 Å². The van der Waals surface area contributed by atoms with E-state index in [1.165, 1.54) is 0 Å². The molecule has 0 aliphatic carbocycles. The van der Waals surface area contributed by atoms with Crippen LogP contribution in [0.5, 0.6) is 0 Å². The summed E-state index contributed by atoms with van der Waals surface area (Å²) in [5.74, 6) is 1.87. The van der Waals surface area contributed by atoms with Crippen LogP contribution in [0.4, 0.5) is 0 Å². The van der Waals surface area contributed by atoms with Crippen LogP contribution >= 0.6 is 36.6 Å². The van der Waals surface area contributed by atoms with Crippen LogP contribution in [0.2, 0.25) is 0 Å². The minimum absolute atomic E-state index is 0. The SMILES string of the molecule is CC(C)C(N)CCN(C)C(=O)CSCc1ccccn1.Cl.Cl. The number of carbonyl (C=O) groups is 1. The molecule has 0 aliphatic rings. The average molecular weight is 368 g/mol. The lowest BCUT2D eigenvalue weighted by Gasteiger charge is -2.21. The smallest absolute Gasteiger partial charge is 0.232 e. The second kappa shape index (κ2) is 13.0. The number of amides is 1. The minimum Gasteiger partial charge on any atom is -0.345 e. The maximum Gasteiger partial charge on any atom is 0.232 e. The number of halogens is 2. The molecule has 0 aliphatic heterocycles. The molecule has 1 rings (SSSR count). The van der Waals surface area contributed by atoms with Gasteiger partial charge in [0.15, 0.2) is 0 Å². The van der Waals surface area contributed by atoms with E-state index in [9.17, 15) is 4.79 Å². The van der Waals surface area contributed by atoms with Gasteiger partial charge >= 0.3 is 0 Å². The Morgan fingerprint density at radius 2 is 2.05 bits per heavy atom. The first-order valence-electron chi connectivity index (χ1n) is 6.98. The van der Waals surface area contributed by atoms with Crippen LogP contribution in [0.3, 0.4) is 0 Å². The van der Waals surface area contributed by atoms with E-state index in [2.05, 4.69) is 18.8 Å². The molecule has 0 bridgehead atoms. The molecule has 4 nitrogen and oxygen atoms in total. The van der Waals surface area contributed by atoms with Crippen LogP contribution < -0.4 is 5.73 Å². The van der Waals surface area contributed by atoms with Crippen molar-refractivity contribution in [3.63, 3.8) is 0 Å². The van der Waals surface area contributed by atoms with Gasteiger partial charge in [0.1, 0.15) is 0 Å². The first-order chi connectivity index (χ1) is 9.50. The monoisotopic (exact) mass is 367 g/mol. The fourth-order valence-electron chi connectivity index (χ4n) is 1.64. The molecule has 0 saturated carbocycles. The van der Waals surface area contributed by atoms with Crippen LogP contribution in [-0.4, -0.2) is 41.2 Å². The number of rotatable bonds is 8. The Labute approximate surface area is 150 Å². The van der Waals surface area contributed by atoms with E-state index in [1.54, 1.807) is 22.9 Å². The highest BCUT2D eigenvalue weighted by Crippen LogP contribution is 2.10. The molecule has 1 amide bonds. The maximum absolute atomic E-state index is 12.0. The molecule has 7 heteroatoms. The van der Waals surface area contributed by atoms with Gasteiger partial charge < -0.3 is 10.6 Å². The number of hydrogen-bond donors (Lipinski definition) is 1. The van der Waals surface area contributed by atoms with Gasteiger partial charge in [-0.15, -0.1) is 36.6 Å². The van der Waals surface area contributed by atoms with E-state index in [0.29, 0.717) is 11.7 Å². The summed E-state index contributed by atoms with van der Waals surface area (Å²) < 4.78 is 0. The average Bonchev–Trinajstić information content (AvgIpc) is 2.45. The third kappa shape index (κ3) is 9.51. The van der Waals surface area contributed by atoms with Crippen molar-refractivity contribution >= 4 is 42.5 Å². The van der Waals surface area contributed by atoms with Crippen molar-refractivity contribution in [1.29, 1.82) is 0 Å². The number of nitrogens with zero attached hydrogens (tertiary/aromatic N) is 2. The number of nitrogens with two attached hydrogens (primary N) is 1. The number of pyridine rings is 1. The van der Waals surface area contributed by atoms with Crippen molar-refractivity contribution in [2.24, 2.45) is 11.7 Å². The zero-order chi connectivity index (χ0) is 15.0. The molecule has 0 saturated heterocycles. The van der Waals surface area contributed by atoms with E-state index in [-0.39, 0.29) is 36.8 Å². The normalized spacial score (nSPS) is 11.3. The Kier molecular flexibility index (Phi) is 14.0. The molecule has 1 heterocycles. The zero-order valence-electron chi connectivity index (χ0n) is 13.4. The van der Waals surface area contributed by atoms with E-state index in [4.69, 9.17) is 5.73 Å². The molecule has 1 aromatic heterocycles. The first-order valence-corrected chi connectivity index (χ1v) is 8.13. The van der Waals surface area contributed by atoms with Gasteiger partial charge in [-0.3, -0.25) is 9.78 Å². The highest BCUT2D eigenvalue weighted by molar-refractivity contribution is 7.99. The van der Waals surface area contributed by atoms with Crippen LogP contribution in [0.1, 0.15) is 26.0 Å². The molecular formula is C15H27Cl2N3OS. The lowest BCUT2D eigenvalue weighted by molar-refractivity contribution is -0.127. The van der Waals surface area contributed by atoms with Gasteiger partial charge in [0, 0.05) is 31.6 Å². The van der Waals surface area contributed by atoms with Crippen molar-refractivity contribution in [1.82, 2.24) is 9.88 Å². The van der Waals surface area contributed by atoms with Crippen LogP contribution in [0, 0.1) is 5.92 Å². The second-order valence-corrected chi connectivity index (χ2v) is 6.31. The molecule has 0 radical (unpaired) electrons. The third-order valence-electron chi connectivity index (χ3n) is 3.28. The highest BCUT2D eigenvalue weighted by atomic mass is 35.5. The summed E-state index contributed by atoms with van der Waals surface area (Å²) in [5.41, 5.74) is 7.00. The molecular weight excluding hydrogens is 341 g/mol. The Morgan fingerprint density at radius 1 is 1.36 bits per heavy atom. The zero-order valence-corrected chi connectivity index (χ0v) is 15.8. The quantitative estimate of drug-likeness (QED) is 0.766. The molecule has 0 spiro atoms. The third-order valence-corrected chi connectivity index (χ3v) is 4.23. The fourth-order valence-corrected chi connectivity index (χ4v) is 2.51. The van der Waals surface area contributed by atoms with Gasteiger partial charge in [-0.2, -0.15) is 0 Å². The molecule has 1 atom stereocenters. The topological polar surface area (TPSA) is 59.2 Å². The van der Waals surface area contributed by atoms with E-state index in [0.717, 1.165) is 24.4 Å². The summed E-state index contributed by atoms with van der Waals surface area (Å²) in [4.78, 5) is 18.0. The number of thioether (sulfide) groups is 1. The maximum atomic E-state index is 12.0. The predicted molar refractivity (Wildman–Crippen MR) is 100.0 cm³/mol. The van der Waals surface area contributed by atoms with Gasteiger partial charge in [-0.1, -0.05) is 19.9 Å². The number of carbonyl (C=O) groups excluding carboxylic acids is 1. The molecule has 0 aromatic carbocycles. The molecule has 1 unspecified atom stereocenters. The van der Waals surface area contributed by atoms with Gasteiger partial charge in [0.05, 0.1) is 11.4 Å².